The summed E-state index contributed by atoms with van der Waals surface area (Å²) in [6.07, 6.45) is 1.08. The molecule has 1 N–H and O–H groups in total. The molecule has 26 heavy (non-hydrogen) atoms. The molecule has 0 bridgehead atoms. The van der Waals surface area contributed by atoms with E-state index in [2.05, 4.69) is 5.32 Å². The highest BCUT2D eigenvalue weighted by molar-refractivity contribution is 7.92. The van der Waals surface area contributed by atoms with Crippen molar-refractivity contribution < 1.29 is 17.9 Å². The second-order valence-corrected chi connectivity index (χ2v) is 8.27. The zero-order valence-corrected chi connectivity index (χ0v) is 16.6. The molecule has 0 aliphatic heterocycles. The number of methoxy groups -OCH3 is 1. The largest absolute Gasteiger partial charge is 0.495 e. The van der Waals surface area contributed by atoms with Crippen molar-refractivity contribution in [3.63, 3.8) is 0 Å². The van der Waals surface area contributed by atoms with Crippen molar-refractivity contribution in [2.45, 2.75) is 13.8 Å². The van der Waals surface area contributed by atoms with Crippen molar-refractivity contribution in [2.24, 2.45) is 0 Å². The lowest BCUT2D eigenvalue weighted by atomic mass is 10.1. The minimum absolute atomic E-state index is 0.341. The molecule has 0 aliphatic carbocycles. The summed E-state index contributed by atoms with van der Waals surface area (Å²) < 4.78 is 30.6. The first-order valence-corrected chi connectivity index (χ1v) is 10.0. The third kappa shape index (κ3) is 4.89. The molecule has 0 unspecified atom stereocenters. The number of anilines is 2. The van der Waals surface area contributed by atoms with E-state index in [1.165, 1.54) is 7.11 Å². The minimum Gasteiger partial charge on any atom is -0.495 e. The third-order valence-electron chi connectivity index (χ3n) is 3.76. The molecule has 0 fully saturated rings. The maximum absolute atomic E-state index is 12.4. The number of ether oxygens (including phenoxy) is 1. The average molecular weight is 397 g/mol. The summed E-state index contributed by atoms with van der Waals surface area (Å²) in [5, 5.41) is 3.00. The lowest BCUT2D eigenvalue weighted by Crippen LogP contribution is -2.37. The summed E-state index contributed by atoms with van der Waals surface area (Å²) in [6, 6.07) is 10.2. The molecule has 0 aliphatic rings. The number of hydrogen-bond acceptors (Lipinski definition) is 4. The molecule has 1 amide bonds. The van der Waals surface area contributed by atoms with Crippen molar-refractivity contribution in [1.82, 2.24) is 0 Å². The Hall–Kier alpha value is -2.25. The quantitative estimate of drug-likeness (QED) is 0.812. The number of amides is 1. The van der Waals surface area contributed by atoms with E-state index < -0.39 is 15.9 Å². The second-order valence-electron chi connectivity index (χ2n) is 5.96. The van der Waals surface area contributed by atoms with Crippen LogP contribution in [0, 0.1) is 13.8 Å². The predicted molar refractivity (Wildman–Crippen MR) is 105 cm³/mol. The molecular formula is C18H21ClN2O4S. The fourth-order valence-electron chi connectivity index (χ4n) is 2.44. The molecule has 2 rings (SSSR count). The van der Waals surface area contributed by atoms with Gasteiger partial charge in [-0.1, -0.05) is 23.7 Å². The van der Waals surface area contributed by atoms with Crippen LogP contribution in [0.4, 0.5) is 11.4 Å². The smallest absolute Gasteiger partial charge is 0.245 e. The van der Waals surface area contributed by atoms with Gasteiger partial charge >= 0.3 is 0 Å². The Kier molecular flexibility index (Phi) is 6.15. The maximum Gasteiger partial charge on any atom is 0.245 e. The molecular weight excluding hydrogens is 376 g/mol. The number of aryl methyl sites for hydroxylation is 2. The summed E-state index contributed by atoms with van der Waals surface area (Å²) >= 11 is 6.04. The molecule has 0 saturated heterocycles. The van der Waals surface area contributed by atoms with Crippen LogP contribution in [0.2, 0.25) is 5.02 Å². The monoisotopic (exact) mass is 396 g/mol. The highest BCUT2D eigenvalue weighted by Gasteiger charge is 2.22. The van der Waals surface area contributed by atoms with Crippen LogP contribution in [-0.2, 0) is 14.8 Å². The molecule has 2 aromatic carbocycles. The van der Waals surface area contributed by atoms with Crippen LogP contribution < -0.4 is 14.4 Å². The fourth-order valence-corrected chi connectivity index (χ4v) is 3.61. The standard InChI is InChI=1S/C18H21ClN2O4S/c1-12-5-6-13(2)16(9-12)21(26(4,23)24)11-18(22)20-14-7-8-17(25-3)15(19)10-14/h5-10H,11H2,1-4H3,(H,20,22). The van der Waals surface area contributed by atoms with Gasteiger partial charge in [-0.25, -0.2) is 8.42 Å². The van der Waals surface area contributed by atoms with Gasteiger partial charge in [0.05, 0.1) is 24.1 Å². The predicted octanol–water partition coefficient (Wildman–Crippen LogP) is 3.37. The molecule has 140 valence electrons. The summed E-state index contributed by atoms with van der Waals surface area (Å²) in [6.45, 7) is 3.32. The number of rotatable bonds is 6. The van der Waals surface area contributed by atoms with Crippen molar-refractivity contribution in [2.75, 3.05) is 29.5 Å². The van der Waals surface area contributed by atoms with E-state index in [0.717, 1.165) is 21.7 Å². The first kappa shape index (κ1) is 20.1. The highest BCUT2D eigenvalue weighted by Crippen LogP contribution is 2.28. The number of nitrogens with zero attached hydrogens (tertiary/aromatic N) is 1. The van der Waals surface area contributed by atoms with Gasteiger partial charge in [0, 0.05) is 5.69 Å². The van der Waals surface area contributed by atoms with E-state index in [9.17, 15) is 13.2 Å². The lowest BCUT2D eigenvalue weighted by Gasteiger charge is -2.24. The lowest BCUT2D eigenvalue weighted by molar-refractivity contribution is -0.114. The van der Waals surface area contributed by atoms with E-state index in [4.69, 9.17) is 16.3 Å². The topological polar surface area (TPSA) is 75.7 Å². The zero-order valence-electron chi connectivity index (χ0n) is 15.0. The summed E-state index contributed by atoms with van der Waals surface area (Å²) in [5.41, 5.74) is 2.61. The number of carbonyl (C=O) groups is 1. The number of halogens is 1. The molecule has 8 heteroatoms. The Morgan fingerprint density at radius 1 is 1.19 bits per heavy atom. The number of sulfonamides is 1. The molecule has 0 aromatic heterocycles. The van der Waals surface area contributed by atoms with E-state index in [-0.39, 0.29) is 6.54 Å². The van der Waals surface area contributed by atoms with Crippen LogP contribution in [0.25, 0.3) is 0 Å². The number of carbonyl (C=O) groups excluding carboxylic acids is 1. The van der Waals surface area contributed by atoms with Gasteiger partial charge in [0.25, 0.3) is 0 Å². The molecule has 0 atom stereocenters. The van der Waals surface area contributed by atoms with Crippen LogP contribution >= 0.6 is 11.6 Å². The van der Waals surface area contributed by atoms with Crippen LogP contribution in [0.15, 0.2) is 36.4 Å². The number of nitrogens with one attached hydrogen (secondary N) is 1. The Morgan fingerprint density at radius 2 is 1.88 bits per heavy atom. The van der Waals surface area contributed by atoms with Crippen molar-refractivity contribution in [1.29, 1.82) is 0 Å². The molecule has 2 aromatic rings. The van der Waals surface area contributed by atoms with Crippen LogP contribution in [-0.4, -0.2) is 34.2 Å². The molecule has 6 nitrogen and oxygen atoms in total. The Morgan fingerprint density at radius 3 is 2.46 bits per heavy atom. The van der Waals surface area contributed by atoms with Gasteiger partial charge in [-0.3, -0.25) is 9.10 Å². The van der Waals surface area contributed by atoms with Gasteiger partial charge in [-0.15, -0.1) is 0 Å². The Bertz CT molecular complexity index is 929. The summed E-state index contributed by atoms with van der Waals surface area (Å²) in [5.74, 6) is 0.00961. The maximum atomic E-state index is 12.4. The zero-order chi connectivity index (χ0) is 19.5. The minimum atomic E-state index is -3.64. The molecule has 0 radical (unpaired) electrons. The first-order valence-electron chi connectivity index (χ1n) is 7.80. The van der Waals surface area contributed by atoms with Gasteiger partial charge in [-0.05, 0) is 49.2 Å². The molecule has 0 spiro atoms. The van der Waals surface area contributed by atoms with Crippen molar-refractivity contribution in [3.8, 4) is 5.75 Å². The Labute approximate surface area is 158 Å². The number of benzene rings is 2. The van der Waals surface area contributed by atoms with Gasteiger partial charge in [0.15, 0.2) is 0 Å². The first-order chi connectivity index (χ1) is 12.1. The highest BCUT2D eigenvalue weighted by atomic mass is 35.5. The van der Waals surface area contributed by atoms with E-state index in [0.29, 0.717) is 22.1 Å². The van der Waals surface area contributed by atoms with E-state index in [1.807, 2.05) is 19.1 Å². The van der Waals surface area contributed by atoms with Crippen molar-refractivity contribution >= 4 is 38.9 Å². The van der Waals surface area contributed by atoms with Crippen molar-refractivity contribution in [3.05, 3.63) is 52.5 Å². The van der Waals surface area contributed by atoms with Gasteiger partial charge in [0.2, 0.25) is 15.9 Å². The SMILES string of the molecule is COc1ccc(NC(=O)CN(c2cc(C)ccc2C)S(C)(=O)=O)cc1Cl. The Balaban J connectivity index is 2.25. The van der Waals surface area contributed by atoms with Crippen LogP contribution in [0.5, 0.6) is 5.75 Å². The number of hydrogen-bond donors (Lipinski definition) is 1. The van der Waals surface area contributed by atoms with E-state index in [1.54, 1.807) is 31.2 Å². The van der Waals surface area contributed by atoms with Crippen LogP contribution in [0.3, 0.4) is 0 Å². The van der Waals surface area contributed by atoms with Gasteiger partial charge in [0.1, 0.15) is 12.3 Å². The summed E-state index contributed by atoms with van der Waals surface area (Å²) in [7, 11) is -2.14. The molecule has 0 saturated carbocycles. The van der Waals surface area contributed by atoms with E-state index >= 15 is 0 Å². The average Bonchev–Trinajstić information content (AvgIpc) is 2.54. The second kappa shape index (κ2) is 7.97. The fraction of sp³-hybridized carbons (Fsp3) is 0.278. The third-order valence-corrected chi connectivity index (χ3v) is 5.18. The normalized spacial score (nSPS) is 11.1. The molecule has 0 heterocycles. The van der Waals surface area contributed by atoms with Crippen LogP contribution in [0.1, 0.15) is 11.1 Å². The van der Waals surface area contributed by atoms with Gasteiger partial charge in [-0.2, -0.15) is 0 Å². The van der Waals surface area contributed by atoms with Gasteiger partial charge < -0.3 is 10.1 Å². The summed E-state index contributed by atoms with van der Waals surface area (Å²) in [4.78, 5) is 12.4.